The number of pyridine rings is 1. The number of benzene rings is 1. The Kier molecular flexibility index (Phi) is 3.47. The Morgan fingerprint density at radius 1 is 1.35 bits per heavy atom. The molecule has 0 saturated carbocycles. The van der Waals surface area contributed by atoms with Gasteiger partial charge in [0.2, 0.25) is 0 Å². The molecule has 2 rings (SSSR count). The second kappa shape index (κ2) is 4.82. The summed E-state index contributed by atoms with van der Waals surface area (Å²) < 4.78 is 39.4. The number of aromatic nitrogens is 1. The Morgan fingerprint density at radius 2 is 2.00 bits per heavy atom. The van der Waals surface area contributed by atoms with E-state index in [0.29, 0.717) is 6.07 Å². The Hall–Kier alpha value is -2.02. The maximum absolute atomic E-state index is 12.8. The fourth-order valence-electron chi connectivity index (χ4n) is 1.83. The molecule has 4 nitrogen and oxygen atoms in total. The predicted molar refractivity (Wildman–Crippen MR) is 65.9 cm³/mol. The van der Waals surface area contributed by atoms with Gasteiger partial charge in [-0.15, -0.1) is 0 Å². The molecule has 0 fully saturated rings. The summed E-state index contributed by atoms with van der Waals surface area (Å²) in [7, 11) is 0. The summed E-state index contributed by atoms with van der Waals surface area (Å²) in [5.74, 6) is -1.24. The molecule has 0 spiro atoms. The second-order valence-corrected chi connectivity index (χ2v) is 4.46. The molecule has 1 aromatic carbocycles. The third-order valence-electron chi connectivity index (χ3n) is 2.68. The molecule has 0 aliphatic carbocycles. The highest BCUT2D eigenvalue weighted by molar-refractivity contribution is 6.32. The van der Waals surface area contributed by atoms with Crippen LogP contribution >= 0.6 is 11.6 Å². The fraction of sp³-hybridized carbons (Fsp3) is 0.167. The van der Waals surface area contributed by atoms with E-state index in [1.807, 2.05) is 0 Å². The number of aliphatic carboxylic acids is 1. The van der Waals surface area contributed by atoms with Crippen LogP contribution in [0.3, 0.4) is 0 Å². The molecule has 0 aliphatic rings. The van der Waals surface area contributed by atoms with Gasteiger partial charge in [-0.1, -0.05) is 11.6 Å². The zero-order chi connectivity index (χ0) is 15.1. The van der Waals surface area contributed by atoms with Crippen LogP contribution in [0.1, 0.15) is 5.56 Å². The number of carbonyl (C=O) groups is 1. The van der Waals surface area contributed by atoms with Gasteiger partial charge < -0.3 is 9.67 Å². The van der Waals surface area contributed by atoms with Gasteiger partial charge in [-0.2, -0.15) is 13.2 Å². The summed E-state index contributed by atoms with van der Waals surface area (Å²) in [5.41, 5.74) is -1.77. The van der Waals surface area contributed by atoms with Gasteiger partial charge in [-0.3, -0.25) is 9.59 Å². The van der Waals surface area contributed by atoms with Crippen LogP contribution in [0.5, 0.6) is 0 Å². The van der Waals surface area contributed by atoms with Gasteiger partial charge >= 0.3 is 12.1 Å². The van der Waals surface area contributed by atoms with Crippen LogP contribution in [-0.4, -0.2) is 15.6 Å². The quantitative estimate of drug-likeness (QED) is 0.928. The van der Waals surface area contributed by atoms with Crippen LogP contribution in [-0.2, 0) is 17.5 Å². The molecule has 0 atom stereocenters. The van der Waals surface area contributed by atoms with Gasteiger partial charge in [0.25, 0.3) is 0 Å². The molecule has 20 heavy (non-hydrogen) atoms. The van der Waals surface area contributed by atoms with Crippen molar-refractivity contribution < 1.29 is 23.1 Å². The average Bonchev–Trinajstić information content (AvgIpc) is 2.30. The summed E-state index contributed by atoms with van der Waals surface area (Å²) in [4.78, 5) is 22.3. The lowest BCUT2D eigenvalue weighted by Gasteiger charge is -2.13. The molecule has 1 N–H and O–H groups in total. The lowest BCUT2D eigenvalue weighted by Crippen LogP contribution is -2.15. The number of hydrogen-bond donors (Lipinski definition) is 1. The topological polar surface area (TPSA) is 59.3 Å². The summed E-state index contributed by atoms with van der Waals surface area (Å²) in [6, 6.07) is 2.66. The molecule has 0 amide bonds. The van der Waals surface area contributed by atoms with Crippen LogP contribution in [0.2, 0.25) is 5.02 Å². The number of hydrogen-bond acceptors (Lipinski definition) is 2. The van der Waals surface area contributed by atoms with E-state index in [0.717, 1.165) is 22.9 Å². The number of fused-ring (bicyclic) bond motifs is 1. The van der Waals surface area contributed by atoms with Gasteiger partial charge in [0.15, 0.2) is 5.43 Å². The zero-order valence-electron chi connectivity index (χ0n) is 9.74. The average molecular weight is 306 g/mol. The van der Waals surface area contributed by atoms with Gasteiger partial charge in [0.1, 0.15) is 6.54 Å². The van der Waals surface area contributed by atoms with Gasteiger partial charge in [0.05, 0.1) is 16.1 Å². The van der Waals surface area contributed by atoms with E-state index >= 15 is 0 Å². The van der Waals surface area contributed by atoms with Gasteiger partial charge in [-0.25, -0.2) is 0 Å². The highest BCUT2D eigenvalue weighted by Crippen LogP contribution is 2.36. The van der Waals surface area contributed by atoms with Crippen LogP contribution < -0.4 is 5.43 Å². The van der Waals surface area contributed by atoms with E-state index < -0.39 is 34.7 Å². The van der Waals surface area contributed by atoms with E-state index in [1.54, 1.807) is 0 Å². The SMILES string of the molecule is O=C(O)Cn1ccc(=O)c2cc(Cl)c(C(F)(F)F)cc21. The fourth-order valence-corrected chi connectivity index (χ4v) is 2.10. The number of alkyl halides is 3. The summed E-state index contributed by atoms with van der Waals surface area (Å²) >= 11 is 5.53. The predicted octanol–water partition coefficient (Wildman–Crippen LogP) is 2.76. The molecule has 8 heteroatoms. The van der Waals surface area contributed by atoms with Crippen molar-refractivity contribution in [3.05, 3.63) is 45.2 Å². The lowest BCUT2D eigenvalue weighted by atomic mass is 10.1. The van der Waals surface area contributed by atoms with Crippen molar-refractivity contribution in [3.8, 4) is 0 Å². The molecule has 1 aromatic heterocycles. The van der Waals surface area contributed by atoms with Crippen LogP contribution in [0.4, 0.5) is 13.2 Å². The van der Waals surface area contributed by atoms with Crippen molar-refractivity contribution in [3.63, 3.8) is 0 Å². The smallest absolute Gasteiger partial charge is 0.417 e. The van der Waals surface area contributed by atoms with Crippen molar-refractivity contribution in [1.82, 2.24) is 4.57 Å². The normalized spacial score (nSPS) is 11.8. The van der Waals surface area contributed by atoms with E-state index in [9.17, 15) is 22.8 Å². The standard InChI is InChI=1S/C12H7ClF3NO3/c13-8-3-6-9(4-7(8)12(14,15)16)17(5-11(19)20)2-1-10(6)18/h1-4H,5H2,(H,19,20). The van der Waals surface area contributed by atoms with E-state index in [4.69, 9.17) is 16.7 Å². The molecule has 1 heterocycles. The number of carboxylic acids is 1. The zero-order valence-corrected chi connectivity index (χ0v) is 10.5. The minimum atomic E-state index is -4.69. The Bertz CT molecular complexity index is 752. The summed E-state index contributed by atoms with van der Waals surface area (Å²) in [6.07, 6.45) is -3.56. The lowest BCUT2D eigenvalue weighted by molar-refractivity contribution is -0.138. The van der Waals surface area contributed by atoms with E-state index in [2.05, 4.69) is 0 Å². The minimum Gasteiger partial charge on any atom is -0.480 e. The van der Waals surface area contributed by atoms with Crippen molar-refractivity contribution >= 4 is 28.5 Å². The van der Waals surface area contributed by atoms with Crippen LogP contribution in [0.25, 0.3) is 10.9 Å². The molecule has 2 aromatic rings. The molecule has 0 aliphatic heterocycles. The molecule has 0 saturated heterocycles. The van der Waals surface area contributed by atoms with Crippen molar-refractivity contribution in [1.29, 1.82) is 0 Å². The van der Waals surface area contributed by atoms with Gasteiger partial charge in [-0.05, 0) is 12.1 Å². The Balaban J connectivity index is 2.82. The number of carboxylic acid groups (broad SMARTS) is 1. The Morgan fingerprint density at radius 3 is 2.55 bits per heavy atom. The summed E-state index contributed by atoms with van der Waals surface area (Å²) in [6.45, 7) is -0.560. The molecule has 0 bridgehead atoms. The summed E-state index contributed by atoms with van der Waals surface area (Å²) in [5, 5.41) is 8.07. The van der Waals surface area contributed by atoms with Crippen molar-refractivity contribution in [2.45, 2.75) is 12.7 Å². The molecule has 0 radical (unpaired) electrons. The number of rotatable bonds is 2. The molecule has 0 unspecified atom stereocenters. The van der Waals surface area contributed by atoms with Gasteiger partial charge in [0, 0.05) is 17.6 Å². The highest BCUT2D eigenvalue weighted by Gasteiger charge is 2.33. The third-order valence-corrected chi connectivity index (χ3v) is 2.99. The first-order valence-corrected chi connectivity index (χ1v) is 5.69. The monoisotopic (exact) mass is 305 g/mol. The van der Waals surface area contributed by atoms with Crippen molar-refractivity contribution in [2.24, 2.45) is 0 Å². The van der Waals surface area contributed by atoms with Crippen molar-refractivity contribution in [2.75, 3.05) is 0 Å². The maximum atomic E-state index is 12.8. The maximum Gasteiger partial charge on any atom is 0.417 e. The Labute approximate surface area is 115 Å². The largest absolute Gasteiger partial charge is 0.480 e. The molecular weight excluding hydrogens is 299 g/mol. The van der Waals surface area contributed by atoms with Crippen LogP contribution in [0, 0.1) is 0 Å². The van der Waals surface area contributed by atoms with E-state index in [1.165, 1.54) is 0 Å². The van der Waals surface area contributed by atoms with Crippen LogP contribution in [0.15, 0.2) is 29.2 Å². The molecular formula is C12H7ClF3NO3. The van der Waals surface area contributed by atoms with E-state index in [-0.39, 0.29) is 10.9 Å². The number of nitrogens with zero attached hydrogens (tertiary/aromatic N) is 1. The minimum absolute atomic E-state index is 0.0632. The first kappa shape index (κ1) is 14.4. The molecule has 106 valence electrons. The highest BCUT2D eigenvalue weighted by atomic mass is 35.5. The first-order valence-electron chi connectivity index (χ1n) is 5.32. The number of halogens is 4. The third kappa shape index (κ3) is 2.62. The second-order valence-electron chi connectivity index (χ2n) is 4.05. The first-order chi connectivity index (χ1) is 9.20.